The molecule has 0 saturated heterocycles. The van der Waals surface area contributed by atoms with E-state index >= 15 is 0 Å². The third-order valence-corrected chi connectivity index (χ3v) is 9.30. The van der Waals surface area contributed by atoms with E-state index in [0.29, 0.717) is 17.7 Å². The number of nitriles is 1. The molecule has 8 rings (SSSR count). The number of allylic oxidation sites excluding steroid dienone is 1. The van der Waals surface area contributed by atoms with Gasteiger partial charge in [-0.3, -0.25) is 0 Å². The van der Waals surface area contributed by atoms with Crippen molar-refractivity contribution in [1.29, 1.82) is 5.26 Å². The highest BCUT2D eigenvalue weighted by Crippen LogP contribution is 2.50. The maximum atomic E-state index is 10.4. The molecule has 7 aromatic rings. The van der Waals surface area contributed by atoms with Crippen molar-refractivity contribution in [2.45, 2.75) is 25.7 Å². The number of fused-ring (bicyclic) bond motifs is 7. The van der Waals surface area contributed by atoms with E-state index in [-0.39, 0.29) is 5.41 Å². The summed E-state index contributed by atoms with van der Waals surface area (Å²) in [4.78, 5) is 0. The van der Waals surface area contributed by atoms with Gasteiger partial charge in [0.25, 0.3) is 0 Å². The van der Waals surface area contributed by atoms with Crippen LogP contribution < -0.4 is 0 Å². The molecular formula is C41H28N2O. The van der Waals surface area contributed by atoms with Crippen molar-refractivity contribution in [1.82, 2.24) is 4.57 Å². The fourth-order valence-electron chi connectivity index (χ4n) is 7.24. The Morgan fingerprint density at radius 3 is 2.20 bits per heavy atom. The van der Waals surface area contributed by atoms with Crippen molar-refractivity contribution < 1.29 is 4.42 Å². The Morgan fingerprint density at radius 1 is 0.773 bits per heavy atom. The highest BCUT2D eigenvalue weighted by molar-refractivity contribution is 6.09. The van der Waals surface area contributed by atoms with Gasteiger partial charge in [0.05, 0.1) is 28.4 Å². The van der Waals surface area contributed by atoms with Crippen molar-refractivity contribution in [3.8, 4) is 35.2 Å². The summed E-state index contributed by atoms with van der Waals surface area (Å²) in [5, 5.41) is 13.8. The van der Waals surface area contributed by atoms with Gasteiger partial charge >= 0.3 is 0 Å². The average Bonchev–Trinajstić information content (AvgIpc) is 3.65. The van der Waals surface area contributed by atoms with E-state index in [4.69, 9.17) is 10.8 Å². The first-order valence-electron chi connectivity index (χ1n) is 14.8. The van der Waals surface area contributed by atoms with Crippen molar-refractivity contribution in [3.63, 3.8) is 0 Å². The lowest BCUT2D eigenvalue weighted by atomic mass is 9.82. The van der Waals surface area contributed by atoms with Crippen molar-refractivity contribution >= 4 is 38.9 Å². The zero-order valence-corrected chi connectivity index (χ0v) is 24.6. The van der Waals surface area contributed by atoms with E-state index in [0.717, 1.165) is 38.8 Å². The van der Waals surface area contributed by atoms with Gasteiger partial charge in [-0.15, -0.1) is 6.42 Å². The summed E-state index contributed by atoms with van der Waals surface area (Å²) in [5.74, 6) is 3.34. The lowest BCUT2D eigenvalue weighted by molar-refractivity contribution is 0.596. The van der Waals surface area contributed by atoms with E-state index in [1.165, 1.54) is 33.0 Å². The van der Waals surface area contributed by atoms with Crippen LogP contribution in [0.2, 0.25) is 0 Å². The number of para-hydroxylation sites is 2. The fourth-order valence-corrected chi connectivity index (χ4v) is 7.24. The molecule has 0 unspecified atom stereocenters. The first-order chi connectivity index (χ1) is 21.5. The van der Waals surface area contributed by atoms with E-state index in [1.807, 2.05) is 18.2 Å². The highest BCUT2D eigenvalue weighted by Gasteiger charge is 2.36. The number of furan rings is 1. The lowest BCUT2D eigenvalue weighted by Gasteiger charge is -2.21. The summed E-state index contributed by atoms with van der Waals surface area (Å²) in [5.41, 5.74) is 11.5. The number of terminal acetylenes is 1. The smallest absolute Gasteiger partial charge is 0.135 e. The number of hydrogen-bond donors (Lipinski definition) is 0. The molecule has 0 radical (unpaired) electrons. The Balaban J connectivity index is 1.40. The van der Waals surface area contributed by atoms with Crippen molar-refractivity contribution in [2.75, 3.05) is 0 Å². The summed E-state index contributed by atoms with van der Waals surface area (Å²) < 4.78 is 8.85. The Labute approximate surface area is 256 Å². The summed E-state index contributed by atoms with van der Waals surface area (Å²) in [7, 11) is 0. The minimum atomic E-state index is -0.140. The maximum absolute atomic E-state index is 10.4. The highest BCUT2D eigenvalue weighted by atomic mass is 16.3. The molecule has 0 atom stereocenters. The fraction of sp³-hybridized carbons (Fsp3) is 0.0976. The van der Waals surface area contributed by atoms with E-state index in [2.05, 4.69) is 121 Å². The first kappa shape index (κ1) is 25.9. The van der Waals surface area contributed by atoms with Crippen LogP contribution in [0.15, 0.2) is 114 Å². The topological polar surface area (TPSA) is 41.9 Å². The van der Waals surface area contributed by atoms with Crippen LogP contribution in [0, 0.1) is 23.7 Å². The minimum Gasteiger partial charge on any atom is -0.456 e. The van der Waals surface area contributed by atoms with Crippen LogP contribution >= 0.6 is 0 Å². The van der Waals surface area contributed by atoms with Crippen LogP contribution in [-0.2, 0) is 11.8 Å². The number of nitrogens with zero attached hydrogens (tertiary/aromatic N) is 2. The van der Waals surface area contributed by atoms with E-state index in [1.54, 1.807) is 6.08 Å². The van der Waals surface area contributed by atoms with E-state index in [9.17, 15) is 5.26 Å². The molecule has 0 spiro atoms. The van der Waals surface area contributed by atoms with Crippen LogP contribution in [-0.4, -0.2) is 4.57 Å². The molecule has 0 aliphatic heterocycles. The van der Waals surface area contributed by atoms with Crippen LogP contribution in [0.4, 0.5) is 0 Å². The zero-order chi connectivity index (χ0) is 30.0. The Bertz CT molecular complexity index is 2360. The van der Waals surface area contributed by atoms with Gasteiger partial charge in [-0.2, -0.15) is 5.26 Å². The van der Waals surface area contributed by atoms with Crippen LogP contribution in [0.5, 0.6) is 0 Å². The molecule has 0 amide bonds. The molecule has 1 aliphatic rings. The van der Waals surface area contributed by atoms with Crippen molar-refractivity contribution in [2.24, 2.45) is 0 Å². The zero-order valence-electron chi connectivity index (χ0n) is 24.6. The van der Waals surface area contributed by atoms with Gasteiger partial charge in [0, 0.05) is 33.6 Å². The maximum Gasteiger partial charge on any atom is 0.135 e. The minimum absolute atomic E-state index is 0.140. The second-order valence-corrected chi connectivity index (χ2v) is 12.0. The normalized spacial score (nSPS) is 13.4. The second kappa shape index (κ2) is 9.63. The quantitative estimate of drug-likeness (QED) is 0.200. The molecule has 44 heavy (non-hydrogen) atoms. The summed E-state index contributed by atoms with van der Waals surface area (Å²) in [6.07, 6.45) is 9.70. The number of hydrogen-bond acceptors (Lipinski definition) is 2. The summed E-state index contributed by atoms with van der Waals surface area (Å²) in [6.45, 7) is 4.54. The SMILES string of the molecule is C#C/C=C\c1oc2cc3c(cc2c1Cc1c(C#N)cccc1-n1c2ccccc2c2ccccc21)-c1ccccc1C3(C)C. The Morgan fingerprint density at radius 2 is 1.48 bits per heavy atom. The predicted octanol–water partition coefficient (Wildman–Crippen LogP) is 9.95. The number of rotatable bonds is 4. The second-order valence-electron chi connectivity index (χ2n) is 12.0. The molecule has 0 bridgehead atoms. The van der Waals surface area contributed by atoms with Gasteiger partial charge in [0.15, 0.2) is 0 Å². The lowest BCUT2D eigenvalue weighted by Crippen LogP contribution is -2.14. The van der Waals surface area contributed by atoms with E-state index < -0.39 is 0 Å². The summed E-state index contributed by atoms with van der Waals surface area (Å²) in [6, 6.07) is 38.5. The molecule has 0 N–H and O–H groups in total. The molecule has 2 aromatic heterocycles. The third kappa shape index (κ3) is 3.63. The average molecular weight is 565 g/mol. The van der Waals surface area contributed by atoms with Crippen molar-refractivity contribution in [3.05, 3.63) is 143 Å². The van der Waals surface area contributed by atoms with Crippen LogP contribution in [0.1, 0.15) is 47.4 Å². The van der Waals surface area contributed by atoms with Crippen LogP contribution in [0.3, 0.4) is 0 Å². The number of aromatic nitrogens is 1. The number of benzene rings is 5. The summed E-state index contributed by atoms with van der Waals surface area (Å²) >= 11 is 0. The molecule has 0 saturated carbocycles. The molecular weight excluding hydrogens is 536 g/mol. The Hall–Kier alpha value is -5.77. The molecule has 2 heterocycles. The molecule has 3 nitrogen and oxygen atoms in total. The van der Waals surface area contributed by atoms with Crippen LogP contribution in [0.25, 0.3) is 55.7 Å². The Kier molecular flexibility index (Phi) is 5.67. The first-order valence-corrected chi connectivity index (χ1v) is 14.8. The van der Waals surface area contributed by atoms with Gasteiger partial charge < -0.3 is 8.98 Å². The largest absolute Gasteiger partial charge is 0.456 e. The van der Waals surface area contributed by atoms with Gasteiger partial charge in [0.1, 0.15) is 11.3 Å². The molecule has 0 fully saturated rings. The molecule has 3 heteroatoms. The third-order valence-electron chi connectivity index (χ3n) is 9.30. The molecule has 5 aromatic carbocycles. The molecule has 208 valence electrons. The standard InChI is InChI=1S/C41H28N2O/c1-4-5-21-39-32(33-23-31-27-14-6-9-17-34(27)41(2,3)35(31)24-40(33)44-39)22-30-26(25-42)13-12-20-38(30)43-36-18-10-7-15-28(36)29-16-8-11-19-37(29)43/h1,5-21,23-24H,22H2,2-3H3/b21-5-. The monoisotopic (exact) mass is 564 g/mol. The van der Waals surface area contributed by atoms with Gasteiger partial charge in [-0.1, -0.05) is 86.5 Å². The van der Waals surface area contributed by atoms with Gasteiger partial charge in [0.2, 0.25) is 0 Å². The predicted molar refractivity (Wildman–Crippen MR) is 180 cm³/mol. The van der Waals surface area contributed by atoms with Gasteiger partial charge in [-0.25, -0.2) is 0 Å². The van der Waals surface area contributed by atoms with Gasteiger partial charge in [-0.05, 0) is 76.4 Å². The molecule has 1 aliphatic carbocycles.